The summed E-state index contributed by atoms with van der Waals surface area (Å²) in [6, 6.07) is 5.58. The number of fused-ring (bicyclic) bond motifs is 1. The van der Waals surface area contributed by atoms with Crippen molar-refractivity contribution in [3.8, 4) is 5.75 Å². The van der Waals surface area contributed by atoms with Crippen LogP contribution in [0, 0.1) is 13.8 Å². The fourth-order valence-corrected chi connectivity index (χ4v) is 2.99. The third-order valence-electron chi connectivity index (χ3n) is 4.83. The first-order valence-corrected chi connectivity index (χ1v) is 9.26. The van der Waals surface area contributed by atoms with Gasteiger partial charge in [0.15, 0.2) is 17.8 Å². The van der Waals surface area contributed by atoms with Crippen molar-refractivity contribution in [2.24, 2.45) is 14.1 Å². The van der Waals surface area contributed by atoms with E-state index in [1.165, 1.54) is 10.9 Å². The van der Waals surface area contributed by atoms with Crippen LogP contribution in [0.4, 0.5) is 0 Å². The van der Waals surface area contributed by atoms with E-state index in [9.17, 15) is 14.4 Å². The Labute approximate surface area is 167 Å². The Bertz CT molecular complexity index is 1170. The van der Waals surface area contributed by atoms with Crippen LogP contribution >= 0.6 is 0 Å². The molecule has 0 saturated carbocycles. The van der Waals surface area contributed by atoms with Gasteiger partial charge in [-0.2, -0.15) is 0 Å². The van der Waals surface area contributed by atoms with Gasteiger partial charge in [-0.25, -0.2) is 14.6 Å². The van der Waals surface area contributed by atoms with E-state index >= 15 is 0 Å². The van der Waals surface area contributed by atoms with Crippen molar-refractivity contribution < 1.29 is 14.3 Å². The lowest BCUT2D eigenvalue weighted by atomic mass is 10.1. The minimum absolute atomic E-state index is 0.0775. The quantitative estimate of drug-likeness (QED) is 0.435. The van der Waals surface area contributed by atoms with Crippen LogP contribution in [0.1, 0.15) is 17.5 Å². The second-order valence-corrected chi connectivity index (χ2v) is 6.93. The summed E-state index contributed by atoms with van der Waals surface area (Å²) in [6.45, 7) is 3.98. The molecule has 9 nitrogen and oxygen atoms in total. The number of benzene rings is 1. The summed E-state index contributed by atoms with van der Waals surface area (Å²) < 4.78 is 14.6. The van der Waals surface area contributed by atoms with Gasteiger partial charge < -0.3 is 14.0 Å². The number of aromatic nitrogens is 4. The van der Waals surface area contributed by atoms with Crippen molar-refractivity contribution in [3.05, 3.63) is 56.5 Å². The highest BCUT2D eigenvalue weighted by molar-refractivity contribution is 5.71. The van der Waals surface area contributed by atoms with E-state index in [-0.39, 0.29) is 19.8 Å². The summed E-state index contributed by atoms with van der Waals surface area (Å²) in [5.41, 5.74) is 2.05. The van der Waals surface area contributed by atoms with Crippen LogP contribution in [-0.4, -0.2) is 37.9 Å². The van der Waals surface area contributed by atoms with Gasteiger partial charge in [0.1, 0.15) is 5.75 Å². The van der Waals surface area contributed by atoms with Gasteiger partial charge in [-0.05, 0) is 43.5 Å². The van der Waals surface area contributed by atoms with Gasteiger partial charge in [-0.1, -0.05) is 6.07 Å². The lowest BCUT2D eigenvalue weighted by Crippen LogP contribution is -2.39. The smallest absolute Gasteiger partial charge is 0.344 e. The average molecular weight is 400 g/mol. The zero-order valence-corrected chi connectivity index (χ0v) is 17.0. The molecule has 2 heterocycles. The highest BCUT2D eigenvalue weighted by atomic mass is 16.6. The molecular formula is C20H24N4O5. The Morgan fingerprint density at radius 2 is 1.90 bits per heavy atom. The van der Waals surface area contributed by atoms with Gasteiger partial charge >= 0.3 is 11.7 Å². The van der Waals surface area contributed by atoms with Crippen LogP contribution in [0.2, 0.25) is 0 Å². The van der Waals surface area contributed by atoms with Crippen molar-refractivity contribution in [3.63, 3.8) is 0 Å². The molecule has 0 radical (unpaired) electrons. The van der Waals surface area contributed by atoms with Crippen LogP contribution in [0.5, 0.6) is 5.75 Å². The summed E-state index contributed by atoms with van der Waals surface area (Å²) in [5.74, 6) is 0.0927. The zero-order valence-electron chi connectivity index (χ0n) is 17.0. The normalized spacial score (nSPS) is 11.0. The molecule has 0 saturated heterocycles. The molecular weight excluding hydrogens is 376 g/mol. The molecule has 3 rings (SSSR count). The molecule has 3 aromatic rings. The molecule has 0 bridgehead atoms. The second kappa shape index (κ2) is 8.34. The number of hydrogen-bond donors (Lipinski definition) is 0. The van der Waals surface area contributed by atoms with Crippen LogP contribution in [0.15, 0.2) is 34.1 Å². The molecule has 0 aliphatic carbocycles. The van der Waals surface area contributed by atoms with E-state index in [4.69, 9.17) is 9.47 Å². The lowest BCUT2D eigenvalue weighted by molar-refractivity contribution is -0.146. The number of imidazole rings is 1. The minimum atomic E-state index is -0.509. The number of hydrogen-bond acceptors (Lipinski definition) is 6. The van der Waals surface area contributed by atoms with Crippen LogP contribution in [0.25, 0.3) is 11.2 Å². The van der Waals surface area contributed by atoms with Crippen LogP contribution in [-0.2, 0) is 30.2 Å². The van der Waals surface area contributed by atoms with E-state index < -0.39 is 17.2 Å². The first-order chi connectivity index (χ1) is 13.8. The van der Waals surface area contributed by atoms with E-state index in [1.807, 2.05) is 26.0 Å². The maximum atomic E-state index is 12.6. The van der Waals surface area contributed by atoms with Gasteiger partial charge in [0.2, 0.25) is 0 Å². The van der Waals surface area contributed by atoms with Gasteiger partial charge in [-0.15, -0.1) is 0 Å². The molecule has 0 aliphatic heterocycles. The van der Waals surface area contributed by atoms with Gasteiger partial charge in [0.25, 0.3) is 5.56 Å². The largest absolute Gasteiger partial charge is 0.482 e. The molecule has 0 spiro atoms. The standard InChI is InChI=1S/C20H24N4O5/c1-13-6-7-15(10-14(13)2)29-11-16(25)28-9-5-8-24-19(26)17-18(21-12-22(17)3)23(4)20(24)27/h6-7,10,12H,5,8-9,11H2,1-4H3. The Hall–Kier alpha value is -3.36. The van der Waals surface area contributed by atoms with Crippen molar-refractivity contribution in [2.45, 2.75) is 26.8 Å². The number of carbonyl (C=O) groups excluding carboxylic acids is 1. The van der Waals surface area contributed by atoms with E-state index in [0.717, 1.165) is 15.7 Å². The molecule has 0 amide bonds. The third-order valence-corrected chi connectivity index (χ3v) is 4.83. The summed E-state index contributed by atoms with van der Waals surface area (Å²) in [7, 11) is 3.26. The monoisotopic (exact) mass is 400 g/mol. The van der Waals surface area contributed by atoms with Crippen molar-refractivity contribution in [1.82, 2.24) is 18.7 Å². The lowest BCUT2D eigenvalue weighted by Gasteiger charge is -2.10. The van der Waals surface area contributed by atoms with Crippen molar-refractivity contribution >= 4 is 17.1 Å². The predicted octanol–water partition coefficient (Wildman–Crippen LogP) is 1.06. The number of nitrogens with zero attached hydrogens (tertiary/aromatic N) is 4. The Balaban J connectivity index is 1.54. The molecule has 154 valence electrons. The highest BCUT2D eigenvalue weighted by Gasteiger charge is 2.14. The Kier molecular flexibility index (Phi) is 5.86. The van der Waals surface area contributed by atoms with Gasteiger partial charge in [0.05, 0.1) is 12.9 Å². The molecule has 2 aromatic heterocycles. The Morgan fingerprint density at radius 3 is 2.62 bits per heavy atom. The third kappa shape index (κ3) is 4.23. The number of esters is 1. The summed E-state index contributed by atoms with van der Waals surface area (Å²) in [6.07, 6.45) is 1.82. The maximum Gasteiger partial charge on any atom is 0.344 e. The molecule has 0 fully saturated rings. The topological polar surface area (TPSA) is 97.3 Å². The predicted molar refractivity (Wildman–Crippen MR) is 107 cm³/mol. The summed E-state index contributed by atoms with van der Waals surface area (Å²) in [4.78, 5) is 40.9. The molecule has 9 heteroatoms. The first kappa shape index (κ1) is 20.4. The average Bonchev–Trinajstić information content (AvgIpc) is 3.08. The summed E-state index contributed by atoms with van der Waals surface area (Å²) >= 11 is 0. The molecule has 1 aromatic carbocycles. The fraction of sp³-hybridized carbons (Fsp3) is 0.400. The van der Waals surface area contributed by atoms with Crippen LogP contribution in [0.3, 0.4) is 0 Å². The van der Waals surface area contributed by atoms with Crippen molar-refractivity contribution in [2.75, 3.05) is 13.2 Å². The van der Waals surface area contributed by atoms with E-state index in [1.54, 1.807) is 24.7 Å². The molecule has 0 atom stereocenters. The maximum absolute atomic E-state index is 12.6. The fourth-order valence-electron chi connectivity index (χ4n) is 2.99. The summed E-state index contributed by atoms with van der Waals surface area (Å²) in [5, 5.41) is 0. The molecule has 0 N–H and O–H groups in total. The Morgan fingerprint density at radius 1 is 1.14 bits per heavy atom. The molecule has 0 unspecified atom stereocenters. The van der Waals surface area contributed by atoms with Gasteiger partial charge in [0, 0.05) is 20.6 Å². The second-order valence-electron chi connectivity index (χ2n) is 6.93. The first-order valence-electron chi connectivity index (χ1n) is 9.26. The highest BCUT2D eigenvalue weighted by Crippen LogP contribution is 2.16. The SMILES string of the molecule is Cc1ccc(OCC(=O)OCCCn2c(=O)c3c(ncn3C)n(C)c2=O)cc1C. The number of carbonyl (C=O) groups is 1. The van der Waals surface area contributed by atoms with E-state index in [0.29, 0.717) is 23.3 Å². The van der Waals surface area contributed by atoms with Crippen molar-refractivity contribution in [1.29, 1.82) is 0 Å². The number of ether oxygens (including phenoxy) is 2. The zero-order chi connectivity index (χ0) is 21.1. The van der Waals surface area contributed by atoms with Gasteiger partial charge in [-0.3, -0.25) is 13.9 Å². The number of rotatable bonds is 7. The number of aryl methyl sites for hydroxylation is 4. The molecule has 0 aliphatic rings. The van der Waals surface area contributed by atoms with E-state index in [2.05, 4.69) is 4.98 Å². The molecule has 29 heavy (non-hydrogen) atoms. The van der Waals surface area contributed by atoms with Crippen LogP contribution < -0.4 is 16.0 Å². The minimum Gasteiger partial charge on any atom is -0.482 e.